The molecule has 20 heavy (non-hydrogen) atoms. The van der Waals surface area contributed by atoms with Gasteiger partial charge in [0.05, 0.1) is 6.61 Å². The monoisotopic (exact) mass is 295 g/mol. The fraction of sp³-hybridized carbons (Fsp3) is 0.562. The normalized spacial score (nSPS) is 13.8. The maximum Gasteiger partial charge on any atom is 0.326 e. The fourth-order valence-corrected chi connectivity index (χ4v) is 2.98. The van der Waals surface area contributed by atoms with Crippen LogP contribution in [0.2, 0.25) is 0 Å². The second kappa shape index (κ2) is 9.03. The van der Waals surface area contributed by atoms with E-state index in [1.54, 1.807) is 11.8 Å². The van der Waals surface area contributed by atoms with Gasteiger partial charge in [0.2, 0.25) is 0 Å². The van der Waals surface area contributed by atoms with Crippen LogP contribution in [0, 0.1) is 0 Å². The van der Waals surface area contributed by atoms with E-state index in [9.17, 15) is 4.79 Å². The molecule has 3 nitrogen and oxygen atoms in total. The van der Waals surface area contributed by atoms with Gasteiger partial charge in [-0.3, -0.25) is 4.79 Å². The number of hydrogen-bond donors (Lipinski definition) is 1. The van der Waals surface area contributed by atoms with E-state index in [0.29, 0.717) is 12.4 Å². The van der Waals surface area contributed by atoms with Crippen molar-refractivity contribution in [2.75, 3.05) is 18.9 Å². The maximum absolute atomic E-state index is 12.1. The number of hydrogen-bond acceptors (Lipinski definition) is 4. The van der Waals surface area contributed by atoms with Crippen molar-refractivity contribution in [3.63, 3.8) is 0 Å². The Morgan fingerprint density at radius 2 is 2.00 bits per heavy atom. The van der Waals surface area contributed by atoms with Crippen LogP contribution < -0.4 is 5.32 Å². The zero-order chi connectivity index (χ0) is 14.8. The molecule has 1 N–H and O–H groups in total. The molecule has 1 unspecified atom stereocenters. The molecule has 1 rings (SSSR count). The second-order valence-corrected chi connectivity index (χ2v) is 5.94. The maximum atomic E-state index is 12.1. The molecule has 0 aliphatic rings. The van der Waals surface area contributed by atoms with E-state index >= 15 is 0 Å². The smallest absolute Gasteiger partial charge is 0.326 e. The molecule has 1 atom stereocenters. The van der Waals surface area contributed by atoms with E-state index in [1.165, 1.54) is 5.56 Å². The van der Waals surface area contributed by atoms with Crippen molar-refractivity contribution in [2.45, 2.75) is 38.5 Å². The van der Waals surface area contributed by atoms with Gasteiger partial charge in [-0.05, 0) is 32.4 Å². The first kappa shape index (κ1) is 17.1. The van der Waals surface area contributed by atoms with Crippen molar-refractivity contribution in [2.24, 2.45) is 0 Å². The van der Waals surface area contributed by atoms with Gasteiger partial charge in [-0.2, -0.15) is 11.8 Å². The Labute approximate surface area is 126 Å². The lowest BCUT2D eigenvalue weighted by Gasteiger charge is -2.28. The van der Waals surface area contributed by atoms with Crippen molar-refractivity contribution < 1.29 is 9.53 Å². The average Bonchev–Trinajstić information content (AvgIpc) is 2.46. The van der Waals surface area contributed by atoms with Crippen molar-refractivity contribution in [1.82, 2.24) is 5.32 Å². The lowest BCUT2D eigenvalue weighted by Crippen LogP contribution is -2.52. The summed E-state index contributed by atoms with van der Waals surface area (Å²) >= 11 is 1.75. The number of esters is 1. The number of carbonyl (C=O) groups is 1. The average molecular weight is 295 g/mol. The number of benzene rings is 1. The molecule has 1 aromatic rings. The topological polar surface area (TPSA) is 38.3 Å². The van der Waals surface area contributed by atoms with Gasteiger partial charge < -0.3 is 10.1 Å². The van der Waals surface area contributed by atoms with Crippen molar-refractivity contribution in [1.29, 1.82) is 0 Å². The van der Waals surface area contributed by atoms with Crippen LogP contribution in [0.3, 0.4) is 0 Å². The number of thioether (sulfide) groups is 1. The van der Waals surface area contributed by atoms with Gasteiger partial charge in [0.1, 0.15) is 5.54 Å². The third-order valence-corrected chi connectivity index (χ3v) is 4.31. The molecule has 0 fully saturated rings. The minimum Gasteiger partial charge on any atom is -0.465 e. The van der Waals surface area contributed by atoms with Crippen LogP contribution in [-0.4, -0.2) is 30.4 Å². The molecule has 0 bridgehead atoms. The molecule has 0 amide bonds. The first-order valence-corrected chi connectivity index (χ1v) is 8.31. The molecule has 0 saturated carbocycles. The molecule has 0 spiro atoms. The molecule has 0 heterocycles. The van der Waals surface area contributed by atoms with Crippen molar-refractivity contribution in [3.8, 4) is 0 Å². The minimum atomic E-state index is -0.606. The third-order valence-electron chi connectivity index (χ3n) is 2.99. The largest absolute Gasteiger partial charge is 0.465 e. The SMILES string of the molecule is CCCNC(C)(CSCc1ccccc1)C(=O)OCC. The van der Waals surface area contributed by atoms with Crippen LogP contribution in [0.5, 0.6) is 0 Å². The number of ether oxygens (including phenoxy) is 1. The summed E-state index contributed by atoms with van der Waals surface area (Å²) in [6.45, 7) is 7.11. The molecule has 0 radical (unpaired) electrons. The summed E-state index contributed by atoms with van der Waals surface area (Å²) in [7, 11) is 0. The molecular formula is C16H25NO2S. The van der Waals surface area contributed by atoms with Crippen LogP contribution in [0.1, 0.15) is 32.8 Å². The van der Waals surface area contributed by atoms with Gasteiger partial charge in [0.25, 0.3) is 0 Å². The van der Waals surface area contributed by atoms with Gasteiger partial charge in [0.15, 0.2) is 0 Å². The standard InChI is InChI=1S/C16H25NO2S/c1-4-11-17-16(3,15(18)19-5-2)13-20-12-14-9-7-6-8-10-14/h6-10,17H,4-5,11-13H2,1-3H3. The Morgan fingerprint density at radius 1 is 1.30 bits per heavy atom. The highest BCUT2D eigenvalue weighted by Gasteiger charge is 2.33. The minimum absolute atomic E-state index is 0.158. The Balaban J connectivity index is 2.53. The van der Waals surface area contributed by atoms with Crippen molar-refractivity contribution >= 4 is 17.7 Å². The molecule has 0 aliphatic carbocycles. The predicted octanol–water partition coefficient (Wildman–Crippen LogP) is 3.24. The molecular weight excluding hydrogens is 270 g/mol. The Morgan fingerprint density at radius 3 is 2.60 bits per heavy atom. The lowest BCUT2D eigenvalue weighted by atomic mass is 10.1. The van der Waals surface area contributed by atoms with E-state index < -0.39 is 5.54 Å². The van der Waals surface area contributed by atoms with Crippen molar-refractivity contribution in [3.05, 3.63) is 35.9 Å². The van der Waals surface area contributed by atoms with E-state index in [2.05, 4.69) is 24.4 Å². The summed E-state index contributed by atoms with van der Waals surface area (Å²) in [6.07, 6.45) is 0.998. The Hall–Kier alpha value is -1.00. The fourth-order valence-electron chi connectivity index (χ4n) is 1.82. The predicted molar refractivity (Wildman–Crippen MR) is 85.9 cm³/mol. The highest BCUT2D eigenvalue weighted by atomic mass is 32.2. The lowest BCUT2D eigenvalue weighted by molar-refractivity contribution is -0.149. The van der Waals surface area contributed by atoms with E-state index in [4.69, 9.17) is 4.74 Å². The molecule has 0 aliphatic heterocycles. The second-order valence-electron chi connectivity index (χ2n) is 4.96. The number of rotatable bonds is 9. The number of carbonyl (C=O) groups excluding carboxylic acids is 1. The van der Waals surface area contributed by atoms with Crippen LogP contribution in [0.15, 0.2) is 30.3 Å². The zero-order valence-electron chi connectivity index (χ0n) is 12.6. The van der Waals surface area contributed by atoms with Gasteiger partial charge in [-0.1, -0.05) is 37.3 Å². The van der Waals surface area contributed by atoms with Gasteiger partial charge in [0, 0.05) is 11.5 Å². The molecule has 0 saturated heterocycles. The van der Waals surface area contributed by atoms with E-state index in [1.807, 2.05) is 32.0 Å². The first-order valence-electron chi connectivity index (χ1n) is 7.16. The van der Waals surface area contributed by atoms with E-state index in [0.717, 1.165) is 18.7 Å². The Bertz CT molecular complexity index is 397. The highest BCUT2D eigenvalue weighted by Crippen LogP contribution is 2.19. The van der Waals surface area contributed by atoms with Gasteiger partial charge in [-0.15, -0.1) is 0 Å². The first-order chi connectivity index (χ1) is 9.62. The summed E-state index contributed by atoms with van der Waals surface area (Å²) in [5, 5.41) is 3.32. The van der Waals surface area contributed by atoms with Gasteiger partial charge in [-0.25, -0.2) is 0 Å². The quantitative estimate of drug-likeness (QED) is 0.710. The van der Waals surface area contributed by atoms with Crippen LogP contribution in [-0.2, 0) is 15.3 Å². The van der Waals surface area contributed by atoms with E-state index in [-0.39, 0.29) is 5.97 Å². The molecule has 112 valence electrons. The van der Waals surface area contributed by atoms with Crippen LogP contribution in [0.25, 0.3) is 0 Å². The van der Waals surface area contributed by atoms with Crippen LogP contribution in [0.4, 0.5) is 0 Å². The third kappa shape index (κ3) is 5.55. The summed E-state index contributed by atoms with van der Waals surface area (Å²) in [4.78, 5) is 12.1. The van der Waals surface area contributed by atoms with Crippen LogP contribution >= 0.6 is 11.8 Å². The summed E-state index contributed by atoms with van der Waals surface area (Å²) in [6, 6.07) is 10.3. The summed E-state index contributed by atoms with van der Waals surface area (Å²) in [5.74, 6) is 1.46. The summed E-state index contributed by atoms with van der Waals surface area (Å²) in [5.41, 5.74) is 0.671. The highest BCUT2D eigenvalue weighted by molar-refractivity contribution is 7.98. The molecule has 0 aromatic heterocycles. The molecule has 4 heteroatoms. The zero-order valence-corrected chi connectivity index (χ0v) is 13.5. The van der Waals surface area contributed by atoms with Gasteiger partial charge >= 0.3 is 5.97 Å². The summed E-state index contributed by atoms with van der Waals surface area (Å²) < 4.78 is 5.19. The number of nitrogens with one attached hydrogen (secondary N) is 1. The Kier molecular flexibility index (Phi) is 7.70. The molecule has 1 aromatic carbocycles.